The second-order valence-electron chi connectivity index (χ2n) is 28.2. The van der Waals surface area contributed by atoms with Gasteiger partial charge in [-0.25, -0.2) is 14.4 Å². The zero-order chi connectivity index (χ0) is 80.0. The first-order valence-corrected chi connectivity index (χ1v) is 38.3. The lowest BCUT2D eigenvalue weighted by Gasteiger charge is -2.32. The van der Waals surface area contributed by atoms with E-state index in [2.05, 4.69) is 50.5 Å². The topological polar surface area (TPSA) is 362 Å². The first-order valence-electron chi connectivity index (χ1n) is 38.3. The molecule has 0 bridgehead atoms. The number of nitrogens with one attached hydrogen (secondary N) is 3. The lowest BCUT2D eigenvalue weighted by molar-refractivity contribution is -0.192. The average Bonchev–Trinajstić information content (AvgIpc) is 1.62. The lowest BCUT2D eigenvalue weighted by atomic mass is 9.84. The van der Waals surface area contributed by atoms with Gasteiger partial charge in [0.1, 0.15) is 35.3 Å². The Bertz CT molecular complexity index is 2860. The van der Waals surface area contributed by atoms with Gasteiger partial charge in [0, 0.05) is 50.9 Å². The quantitative estimate of drug-likeness (QED) is 0.0280. The van der Waals surface area contributed by atoms with Crippen LogP contribution in [0, 0.1) is 5.41 Å². The molecule has 110 heavy (non-hydrogen) atoms. The zero-order valence-electron chi connectivity index (χ0n) is 66.8. The number of nitrogens with zero attached hydrogens (tertiary/aromatic N) is 3. The Kier molecular flexibility index (Phi) is 55.0. The van der Waals surface area contributed by atoms with Crippen LogP contribution < -0.4 is 16.0 Å². The van der Waals surface area contributed by atoms with Crippen molar-refractivity contribution < 1.29 is 124 Å². The predicted octanol–water partition coefficient (Wildman–Crippen LogP) is 7.45. The maximum absolute atomic E-state index is 13.3. The molecule has 1 aliphatic carbocycles. The van der Waals surface area contributed by atoms with Crippen LogP contribution in [-0.4, -0.2) is 292 Å². The molecule has 626 valence electrons. The highest BCUT2D eigenvalue weighted by Gasteiger charge is 2.32. The van der Waals surface area contributed by atoms with E-state index in [4.69, 9.17) is 99.6 Å². The minimum Gasteiger partial charge on any atom is -0.460 e. The van der Waals surface area contributed by atoms with E-state index >= 15 is 0 Å². The summed E-state index contributed by atoms with van der Waals surface area (Å²) in [7, 11) is 0. The molecule has 0 saturated carbocycles. The number of hydrogen-bond donors (Lipinski definition) is 3. The molecule has 0 spiro atoms. The summed E-state index contributed by atoms with van der Waals surface area (Å²) < 4.78 is 107. The van der Waals surface area contributed by atoms with Crippen LogP contribution in [0.15, 0.2) is 54.7 Å². The summed E-state index contributed by atoms with van der Waals surface area (Å²) in [4.78, 5) is 79.5. The first kappa shape index (κ1) is 97.7. The van der Waals surface area contributed by atoms with Gasteiger partial charge in [0.2, 0.25) is 0 Å². The molecule has 1 aromatic heterocycles. The summed E-state index contributed by atoms with van der Waals surface area (Å²) in [6.45, 7) is 31.7. The smallest absolute Gasteiger partial charge is 0.407 e. The number of urea groups is 1. The number of carbonyl (C=O) groups is 5. The van der Waals surface area contributed by atoms with Gasteiger partial charge in [-0.2, -0.15) is 9.59 Å². The van der Waals surface area contributed by atoms with Gasteiger partial charge in [0.05, 0.1) is 211 Å². The fourth-order valence-corrected chi connectivity index (χ4v) is 10.4. The van der Waals surface area contributed by atoms with Crippen LogP contribution in [-0.2, 0) is 127 Å². The molecule has 32 heteroatoms. The van der Waals surface area contributed by atoms with Crippen molar-refractivity contribution >= 4 is 36.0 Å². The van der Waals surface area contributed by atoms with Crippen molar-refractivity contribution in [1.29, 1.82) is 0 Å². The number of unbranched alkanes of at least 4 members (excludes halogenated alkanes) is 1. The molecule has 0 fully saturated rings. The molecule has 3 amide bonds. The minimum absolute atomic E-state index is 0.0207. The van der Waals surface area contributed by atoms with Crippen molar-refractivity contribution in [3.05, 3.63) is 71.5 Å². The number of alkyl carbamates (subject to hydrolysis) is 1. The van der Waals surface area contributed by atoms with E-state index in [0.717, 1.165) is 12.8 Å². The standard InChI is InChI=1S/C77H128N6O24.CO2/c1-75(2,3)70(80-73(87)79-69(72(86)107-77(7,8)9)23-24-71(85)106-76(4,5)6)22-14-15-27-83-59-62(81-82-83)60-104-58-57-103-56-55-102-54-53-101-52-51-98-46-43-95-40-37-92-34-31-89-28-16-17-63(84)25-29-90-32-35-93-38-41-96-44-47-99-49-50-100-48-45-97-42-39-94-36-33-91-30-26-78-74(88)105-61-68-66-20-12-10-18-64(66)65-19-11-13-21-67(65)68;2-1-3/h10-13,18-21,59,68-70H,14-17,22-58,60-61H2,1-9H3,(H,78,88)(H2,79,80,87);/t69-,70-;/m0./s1. The van der Waals surface area contributed by atoms with E-state index in [1.54, 1.807) is 46.2 Å². The Labute approximate surface area is 650 Å². The number of ketones is 1. The monoisotopic (exact) mass is 1560 g/mol. The fraction of sp³-hybridized carbons (Fsp3) is 0.744. The Morgan fingerprint density at radius 2 is 0.855 bits per heavy atom. The fourth-order valence-electron chi connectivity index (χ4n) is 10.4. The molecule has 0 aliphatic heterocycles. The van der Waals surface area contributed by atoms with Gasteiger partial charge in [-0.15, -0.1) is 5.10 Å². The van der Waals surface area contributed by atoms with Gasteiger partial charge in [0.15, 0.2) is 0 Å². The first-order chi connectivity index (χ1) is 53.1. The van der Waals surface area contributed by atoms with E-state index in [1.165, 1.54) is 22.3 Å². The van der Waals surface area contributed by atoms with E-state index in [-0.39, 0.29) is 48.8 Å². The summed E-state index contributed by atoms with van der Waals surface area (Å²) in [6, 6.07) is 14.7. The molecule has 0 radical (unpaired) electrons. The van der Waals surface area contributed by atoms with Crippen LogP contribution in [0.2, 0.25) is 0 Å². The number of rotatable bonds is 67. The van der Waals surface area contributed by atoms with Crippen molar-refractivity contribution in [2.75, 3.05) is 218 Å². The molecular formula is C78H128N6O26. The van der Waals surface area contributed by atoms with Crippen molar-refractivity contribution in [2.45, 2.75) is 156 Å². The molecule has 3 N–H and O–H groups in total. The Balaban J connectivity index is 0.0000103. The van der Waals surface area contributed by atoms with Crippen molar-refractivity contribution in [3.8, 4) is 11.1 Å². The third kappa shape index (κ3) is 51.9. The molecule has 3 aromatic rings. The SMILES string of the molecule is CC(C)(C)OC(=O)CC[C@H](NC(=O)N[C@@H](CCCCn1cc(COCCOCCOCCOCCOCCOCCOCCOCCCC(=O)CCOCCOCCOCCOCCOCCOCCOCCOCCNC(=O)OCC2c3ccccc3-c3ccccc32)nn1)C(C)(C)C)C(=O)OC(C)(C)C.O=C=O. The number of aromatic nitrogens is 3. The summed E-state index contributed by atoms with van der Waals surface area (Å²) >= 11 is 0. The lowest BCUT2D eigenvalue weighted by Crippen LogP contribution is -2.53. The number of amides is 3. The highest BCUT2D eigenvalue weighted by atomic mass is 16.6. The van der Waals surface area contributed by atoms with Gasteiger partial charge in [-0.1, -0.05) is 74.5 Å². The molecule has 2 atom stereocenters. The second kappa shape index (κ2) is 62.0. The number of esters is 2. The van der Waals surface area contributed by atoms with E-state index in [9.17, 15) is 24.0 Å². The maximum atomic E-state index is 13.3. The van der Waals surface area contributed by atoms with Crippen LogP contribution in [0.1, 0.15) is 136 Å². The summed E-state index contributed by atoms with van der Waals surface area (Å²) in [6.07, 6.45) is 5.34. The molecule has 0 saturated heterocycles. The normalized spacial score (nSPS) is 12.7. The Hall–Kier alpha value is -6.53. The Morgan fingerprint density at radius 3 is 1.28 bits per heavy atom. The number of carbonyl (C=O) groups excluding carboxylic acids is 7. The van der Waals surface area contributed by atoms with Crippen molar-refractivity contribution in [3.63, 3.8) is 0 Å². The number of fused-ring (bicyclic) bond motifs is 3. The zero-order valence-corrected chi connectivity index (χ0v) is 66.8. The van der Waals surface area contributed by atoms with Gasteiger partial charge in [0.25, 0.3) is 0 Å². The summed E-state index contributed by atoms with van der Waals surface area (Å²) in [5.74, 6) is -0.926. The molecule has 32 nitrogen and oxygen atoms in total. The largest absolute Gasteiger partial charge is 0.460 e. The second-order valence-corrected chi connectivity index (χ2v) is 28.2. The van der Waals surface area contributed by atoms with Crippen LogP contribution in [0.5, 0.6) is 0 Å². The van der Waals surface area contributed by atoms with Crippen LogP contribution in [0.25, 0.3) is 11.1 Å². The molecule has 0 unspecified atom stereocenters. The van der Waals surface area contributed by atoms with Crippen molar-refractivity contribution in [1.82, 2.24) is 30.9 Å². The molecular weight excluding hydrogens is 1440 g/mol. The van der Waals surface area contributed by atoms with Gasteiger partial charge in [-0.3, -0.25) is 14.3 Å². The third-order valence-electron chi connectivity index (χ3n) is 15.7. The molecule has 2 aromatic carbocycles. The molecule has 1 aliphatic rings. The van der Waals surface area contributed by atoms with Gasteiger partial charge in [-0.05, 0) is 101 Å². The minimum atomic E-state index is -1.03. The highest BCUT2D eigenvalue weighted by molar-refractivity contribution is 5.84. The van der Waals surface area contributed by atoms with Crippen LogP contribution in [0.4, 0.5) is 9.59 Å². The van der Waals surface area contributed by atoms with E-state index in [0.29, 0.717) is 256 Å². The van der Waals surface area contributed by atoms with E-state index < -0.39 is 41.3 Å². The summed E-state index contributed by atoms with van der Waals surface area (Å²) in [5.41, 5.74) is 3.72. The van der Waals surface area contributed by atoms with Crippen LogP contribution in [0.3, 0.4) is 0 Å². The van der Waals surface area contributed by atoms with Crippen LogP contribution >= 0.6 is 0 Å². The number of aryl methyl sites for hydroxylation is 1. The third-order valence-corrected chi connectivity index (χ3v) is 15.7. The van der Waals surface area contributed by atoms with E-state index in [1.807, 2.05) is 51.2 Å². The average molecular weight is 1570 g/mol. The number of ether oxygens (including phenoxy) is 19. The predicted molar refractivity (Wildman–Crippen MR) is 402 cm³/mol. The Morgan fingerprint density at radius 1 is 0.455 bits per heavy atom. The number of hydrogen-bond acceptors (Lipinski definition) is 28. The maximum Gasteiger partial charge on any atom is 0.407 e. The summed E-state index contributed by atoms with van der Waals surface area (Å²) in [5, 5.41) is 17.0. The van der Waals surface area contributed by atoms with Gasteiger partial charge < -0.3 is 106 Å². The number of benzene rings is 2. The highest BCUT2D eigenvalue weighted by Crippen LogP contribution is 2.44. The molecule has 1 heterocycles. The number of Topliss-reactive ketones (excluding diaryl/α,β-unsaturated/α-hetero) is 1. The van der Waals surface area contributed by atoms with Crippen molar-refractivity contribution in [2.24, 2.45) is 5.41 Å². The molecule has 4 rings (SSSR count). The van der Waals surface area contributed by atoms with Gasteiger partial charge >= 0.3 is 30.2 Å².